The van der Waals surface area contributed by atoms with Gasteiger partial charge in [-0.3, -0.25) is 0 Å². The van der Waals surface area contributed by atoms with Crippen LogP contribution in [0.5, 0.6) is 0 Å². The first-order valence-corrected chi connectivity index (χ1v) is 7.20. The minimum atomic E-state index is 0.524. The zero-order valence-electron chi connectivity index (χ0n) is 11.6. The van der Waals surface area contributed by atoms with Crippen LogP contribution in [0.3, 0.4) is 0 Å². The van der Waals surface area contributed by atoms with E-state index in [0.717, 1.165) is 18.8 Å². The lowest BCUT2D eigenvalue weighted by molar-refractivity contribution is 0.660. The van der Waals surface area contributed by atoms with E-state index >= 15 is 0 Å². The second-order valence-electron chi connectivity index (χ2n) is 5.28. The minimum absolute atomic E-state index is 0.524. The van der Waals surface area contributed by atoms with Crippen LogP contribution in [0, 0.1) is 0 Å². The summed E-state index contributed by atoms with van der Waals surface area (Å²) in [5, 5.41) is 3.36. The van der Waals surface area contributed by atoms with Crippen LogP contribution in [0.15, 0.2) is 30.5 Å². The summed E-state index contributed by atoms with van der Waals surface area (Å²) >= 11 is 0. The van der Waals surface area contributed by atoms with Crippen LogP contribution in [0.25, 0.3) is 0 Å². The maximum absolute atomic E-state index is 5.63. The van der Waals surface area contributed by atoms with Crippen molar-refractivity contribution in [2.45, 2.75) is 32.2 Å². The number of hydrogen-bond acceptors (Lipinski definition) is 4. The van der Waals surface area contributed by atoms with Crippen LogP contribution in [-0.4, -0.2) is 16.5 Å². The number of nitrogens with zero attached hydrogens (tertiary/aromatic N) is 2. The van der Waals surface area contributed by atoms with E-state index in [2.05, 4.69) is 33.5 Å². The zero-order valence-corrected chi connectivity index (χ0v) is 11.6. The van der Waals surface area contributed by atoms with Gasteiger partial charge in [-0.25, -0.2) is 9.97 Å². The van der Waals surface area contributed by atoms with Crippen LogP contribution in [0.4, 0.5) is 5.82 Å². The maximum atomic E-state index is 5.63. The van der Waals surface area contributed by atoms with E-state index in [1.54, 1.807) is 17.8 Å². The largest absolute Gasteiger partial charge is 0.384 e. The predicted molar refractivity (Wildman–Crippen MR) is 80.3 cm³/mol. The van der Waals surface area contributed by atoms with Gasteiger partial charge < -0.3 is 11.1 Å². The monoisotopic (exact) mass is 268 g/mol. The Labute approximate surface area is 119 Å². The number of hydrogen-bond donors (Lipinski definition) is 2. The van der Waals surface area contributed by atoms with Crippen molar-refractivity contribution in [3.05, 3.63) is 53.0 Å². The minimum Gasteiger partial charge on any atom is -0.384 e. The molecule has 0 saturated heterocycles. The fourth-order valence-corrected chi connectivity index (χ4v) is 2.71. The summed E-state index contributed by atoms with van der Waals surface area (Å²) in [5.74, 6) is 1.27. The number of aromatic nitrogens is 2. The lowest BCUT2D eigenvalue weighted by atomic mass is 10.0. The molecule has 0 atom stereocenters. The van der Waals surface area contributed by atoms with E-state index in [1.165, 1.54) is 30.4 Å². The van der Waals surface area contributed by atoms with Gasteiger partial charge in [0.05, 0.1) is 6.54 Å². The molecule has 1 aliphatic carbocycles. The van der Waals surface area contributed by atoms with Gasteiger partial charge in [-0.2, -0.15) is 0 Å². The number of fused-ring (bicyclic) bond motifs is 1. The van der Waals surface area contributed by atoms with Crippen molar-refractivity contribution in [3.8, 4) is 0 Å². The van der Waals surface area contributed by atoms with Crippen LogP contribution < -0.4 is 11.1 Å². The Hall–Kier alpha value is -1.94. The molecule has 3 N–H and O–H groups in total. The molecule has 3 rings (SSSR count). The van der Waals surface area contributed by atoms with Crippen LogP contribution >= 0.6 is 0 Å². The van der Waals surface area contributed by atoms with Crippen LogP contribution in [0.1, 0.15) is 28.9 Å². The average Bonchev–Trinajstić information content (AvgIpc) is 2.91. The van der Waals surface area contributed by atoms with E-state index in [0.29, 0.717) is 12.4 Å². The topological polar surface area (TPSA) is 63.8 Å². The molecule has 104 valence electrons. The highest BCUT2D eigenvalue weighted by atomic mass is 15.0. The number of aryl methyl sites for hydroxylation is 2. The Morgan fingerprint density at radius 2 is 2.05 bits per heavy atom. The van der Waals surface area contributed by atoms with Crippen LogP contribution in [0.2, 0.25) is 0 Å². The molecule has 1 aromatic carbocycles. The molecule has 0 fully saturated rings. The normalized spacial score (nSPS) is 13.4. The lowest BCUT2D eigenvalue weighted by Gasteiger charge is -2.06. The molecule has 1 aliphatic rings. The van der Waals surface area contributed by atoms with Gasteiger partial charge in [0, 0.05) is 6.20 Å². The van der Waals surface area contributed by atoms with Gasteiger partial charge >= 0.3 is 0 Å². The molecule has 2 aromatic rings. The lowest BCUT2D eigenvalue weighted by Crippen LogP contribution is -2.18. The second-order valence-corrected chi connectivity index (χ2v) is 5.28. The molecular weight excluding hydrogens is 248 g/mol. The molecule has 1 aromatic heterocycles. The summed E-state index contributed by atoms with van der Waals surface area (Å²) in [5.41, 5.74) is 10.1. The van der Waals surface area contributed by atoms with Crippen molar-refractivity contribution in [2.75, 3.05) is 12.3 Å². The number of benzene rings is 1. The van der Waals surface area contributed by atoms with E-state index in [-0.39, 0.29) is 0 Å². The Balaban J connectivity index is 1.48. The summed E-state index contributed by atoms with van der Waals surface area (Å²) in [6, 6.07) is 8.61. The fraction of sp³-hybridized carbons (Fsp3) is 0.375. The first kappa shape index (κ1) is 13.1. The zero-order chi connectivity index (χ0) is 13.8. The second kappa shape index (κ2) is 6.01. The molecule has 0 amide bonds. The van der Waals surface area contributed by atoms with E-state index in [4.69, 9.17) is 5.73 Å². The third kappa shape index (κ3) is 3.14. The third-order valence-corrected chi connectivity index (χ3v) is 3.76. The number of nitrogen functional groups attached to an aromatic ring is 1. The Morgan fingerprint density at radius 1 is 1.15 bits per heavy atom. The summed E-state index contributed by atoms with van der Waals surface area (Å²) in [4.78, 5) is 8.35. The summed E-state index contributed by atoms with van der Waals surface area (Å²) in [7, 11) is 0. The molecule has 4 heteroatoms. The molecule has 0 saturated carbocycles. The highest BCUT2D eigenvalue weighted by Gasteiger charge is 2.10. The smallest absolute Gasteiger partial charge is 0.144 e. The SMILES string of the molecule is Nc1ccnc(CNCCc2ccc3c(c2)CCC3)n1. The van der Waals surface area contributed by atoms with Crippen molar-refractivity contribution in [3.63, 3.8) is 0 Å². The molecular formula is C16H20N4. The van der Waals surface area contributed by atoms with Crippen molar-refractivity contribution in [1.29, 1.82) is 0 Å². The van der Waals surface area contributed by atoms with Gasteiger partial charge in [0.25, 0.3) is 0 Å². The third-order valence-electron chi connectivity index (χ3n) is 3.76. The first-order valence-electron chi connectivity index (χ1n) is 7.20. The van der Waals surface area contributed by atoms with Crippen molar-refractivity contribution < 1.29 is 0 Å². The Bertz CT molecular complexity index is 595. The van der Waals surface area contributed by atoms with Gasteiger partial charge in [0.2, 0.25) is 0 Å². The Morgan fingerprint density at radius 3 is 2.95 bits per heavy atom. The highest BCUT2D eigenvalue weighted by molar-refractivity contribution is 5.35. The predicted octanol–water partition coefficient (Wildman–Crippen LogP) is 1.88. The van der Waals surface area contributed by atoms with Gasteiger partial charge in [-0.15, -0.1) is 0 Å². The van der Waals surface area contributed by atoms with Crippen molar-refractivity contribution in [2.24, 2.45) is 0 Å². The molecule has 0 unspecified atom stereocenters. The first-order chi connectivity index (χ1) is 9.81. The molecule has 0 radical (unpaired) electrons. The number of nitrogens with one attached hydrogen (secondary N) is 1. The van der Waals surface area contributed by atoms with Gasteiger partial charge in [0.1, 0.15) is 11.6 Å². The molecule has 0 aliphatic heterocycles. The number of anilines is 1. The van der Waals surface area contributed by atoms with E-state index in [9.17, 15) is 0 Å². The summed E-state index contributed by atoms with van der Waals surface area (Å²) < 4.78 is 0. The molecule has 1 heterocycles. The molecule has 20 heavy (non-hydrogen) atoms. The average molecular weight is 268 g/mol. The van der Waals surface area contributed by atoms with Gasteiger partial charge in [0.15, 0.2) is 0 Å². The quantitative estimate of drug-likeness (QED) is 0.813. The molecule has 0 bridgehead atoms. The number of nitrogens with two attached hydrogens (primary N) is 1. The Kier molecular flexibility index (Phi) is 3.92. The standard InChI is InChI=1S/C16H20N4/c17-15-7-9-19-16(20-15)11-18-8-6-12-4-5-13-2-1-3-14(13)10-12/h4-5,7,9-10,18H,1-3,6,8,11H2,(H2,17,19,20). The van der Waals surface area contributed by atoms with Gasteiger partial charge in [-0.05, 0) is 55.0 Å². The fourth-order valence-electron chi connectivity index (χ4n) is 2.71. The van der Waals surface area contributed by atoms with Crippen molar-refractivity contribution in [1.82, 2.24) is 15.3 Å². The van der Waals surface area contributed by atoms with Crippen molar-refractivity contribution >= 4 is 5.82 Å². The molecule has 0 spiro atoms. The van der Waals surface area contributed by atoms with E-state index < -0.39 is 0 Å². The summed E-state index contributed by atoms with van der Waals surface area (Å²) in [6.45, 7) is 1.59. The van der Waals surface area contributed by atoms with Gasteiger partial charge in [-0.1, -0.05) is 18.2 Å². The summed E-state index contributed by atoms with van der Waals surface area (Å²) in [6.07, 6.45) is 6.54. The maximum Gasteiger partial charge on any atom is 0.144 e. The molecule has 4 nitrogen and oxygen atoms in total. The number of rotatable bonds is 5. The van der Waals surface area contributed by atoms with E-state index in [1.807, 2.05) is 0 Å². The highest BCUT2D eigenvalue weighted by Crippen LogP contribution is 2.22. The van der Waals surface area contributed by atoms with Crippen LogP contribution in [-0.2, 0) is 25.8 Å².